The predicted octanol–water partition coefficient (Wildman–Crippen LogP) is 1.42. The fourth-order valence-corrected chi connectivity index (χ4v) is 1.66. The molecule has 0 radical (unpaired) electrons. The highest BCUT2D eigenvalue weighted by Gasteiger charge is 2.17. The largest absolute Gasteiger partial charge is 0.505 e. The number of rotatable bonds is 3. The SMILES string of the molecule is CCOC(=O)c1nn(-c2ccc(C)cc2)c(=O)cc1O. The van der Waals surface area contributed by atoms with Gasteiger partial charge in [0.25, 0.3) is 5.56 Å². The van der Waals surface area contributed by atoms with Crippen LogP contribution in [0.2, 0.25) is 0 Å². The third-order valence-corrected chi connectivity index (χ3v) is 2.66. The third kappa shape index (κ3) is 2.69. The van der Waals surface area contributed by atoms with E-state index >= 15 is 0 Å². The van der Waals surface area contributed by atoms with E-state index in [9.17, 15) is 14.7 Å². The zero-order valence-electron chi connectivity index (χ0n) is 11.2. The highest BCUT2D eigenvalue weighted by atomic mass is 16.5. The number of benzene rings is 1. The number of nitrogens with zero attached hydrogens (tertiary/aromatic N) is 2. The maximum atomic E-state index is 11.8. The van der Waals surface area contributed by atoms with Gasteiger partial charge < -0.3 is 9.84 Å². The molecule has 2 rings (SSSR count). The molecule has 0 bridgehead atoms. The maximum Gasteiger partial charge on any atom is 0.362 e. The minimum Gasteiger partial charge on any atom is -0.505 e. The molecule has 0 saturated carbocycles. The van der Waals surface area contributed by atoms with Crippen LogP contribution in [0, 0.1) is 6.92 Å². The van der Waals surface area contributed by atoms with E-state index in [0.29, 0.717) is 5.69 Å². The van der Waals surface area contributed by atoms with Gasteiger partial charge in [-0.05, 0) is 26.0 Å². The summed E-state index contributed by atoms with van der Waals surface area (Å²) in [5.74, 6) is -1.26. The van der Waals surface area contributed by atoms with Gasteiger partial charge in [0.2, 0.25) is 5.69 Å². The standard InChI is InChI=1S/C14H14N2O4/c1-3-20-14(19)13-11(17)8-12(18)16(15-13)10-6-4-9(2)5-7-10/h4-8,17H,3H2,1-2H3. The molecule has 0 fully saturated rings. The van der Waals surface area contributed by atoms with Crippen molar-refractivity contribution in [2.24, 2.45) is 0 Å². The molecular formula is C14H14N2O4. The summed E-state index contributed by atoms with van der Waals surface area (Å²) >= 11 is 0. The van der Waals surface area contributed by atoms with Gasteiger partial charge in [0, 0.05) is 6.07 Å². The van der Waals surface area contributed by atoms with Gasteiger partial charge in [0.05, 0.1) is 12.3 Å². The van der Waals surface area contributed by atoms with Crippen molar-refractivity contribution >= 4 is 5.97 Å². The van der Waals surface area contributed by atoms with Crippen LogP contribution >= 0.6 is 0 Å². The molecule has 104 valence electrons. The van der Waals surface area contributed by atoms with Crippen molar-refractivity contribution in [3.8, 4) is 11.4 Å². The molecule has 1 N–H and O–H groups in total. The maximum absolute atomic E-state index is 11.8. The first-order chi connectivity index (χ1) is 9.52. The summed E-state index contributed by atoms with van der Waals surface area (Å²) in [6.45, 7) is 3.72. The van der Waals surface area contributed by atoms with Gasteiger partial charge in [0.15, 0.2) is 5.75 Å². The van der Waals surface area contributed by atoms with Crippen molar-refractivity contribution < 1.29 is 14.6 Å². The van der Waals surface area contributed by atoms with Crippen LogP contribution in [-0.4, -0.2) is 27.5 Å². The quantitative estimate of drug-likeness (QED) is 0.856. The summed E-state index contributed by atoms with van der Waals surface area (Å²) < 4.78 is 5.83. The highest BCUT2D eigenvalue weighted by Crippen LogP contribution is 2.14. The second-order valence-corrected chi connectivity index (χ2v) is 4.18. The van der Waals surface area contributed by atoms with Gasteiger partial charge in [-0.15, -0.1) is 0 Å². The summed E-state index contributed by atoms with van der Waals surface area (Å²) in [4.78, 5) is 23.5. The number of hydrogen-bond donors (Lipinski definition) is 1. The first-order valence-electron chi connectivity index (χ1n) is 6.10. The molecule has 0 aliphatic rings. The number of aromatic hydroxyl groups is 1. The Balaban J connectivity index is 2.54. The van der Waals surface area contributed by atoms with E-state index < -0.39 is 17.3 Å². The summed E-state index contributed by atoms with van der Waals surface area (Å²) in [6.07, 6.45) is 0. The molecule has 6 heteroatoms. The van der Waals surface area contributed by atoms with Crippen molar-refractivity contribution in [3.63, 3.8) is 0 Å². The van der Waals surface area contributed by atoms with Crippen LogP contribution in [0.1, 0.15) is 23.0 Å². The molecule has 1 heterocycles. The van der Waals surface area contributed by atoms with E-state index in [2.05, 4.69) is 5.10 Å². The second-order valence-electron chi connectivity index (χ2n) is 4.18. The normalized spacial score (nSPS) is 10.3. The lowest BCUT2D eigenvalue weighted by molar-refractivity contribution is 0.0513. The van der Waals surface area contributed by atoms with Crippen LogP contribution in [-0.2, 0) is 4.74 Å². The summed E-state index contributed by atoms with van der Waals surface area (Å²) in [5, 5.41) is 13.5. The lowest BCUT2D eigenvalue weighted by atomic mass is 10.2. The molecule has 0 unspecified atom stereocenters. The summed E-state index contributed by atoms with van der Waals surface area (Å²) in [7, 11) is 0. The zero-order valence-corrected chi connectivity index (χ0v) is 11.2. The molecule has 0 amide bonds. The lowest BCUT2D eigenvalue weighted by Gasteiger charge is -2.08. The smallest absolute Gasteiger partial charge is 0.362 e. The summed E-state index contributed by atoms with van der Waals surface area (Å²) in [6, 6.07) is 7.99. The second kappa shape index (κ2) is 5.56. The molecule has 0 aliphatic heterocycles. The number of ether oxygens (including phenoxy) is 1. The number of hydrogen-bond acceptors (Lipinski definition) is 5. The molecular weight excluding hydrogens is 260 g/mol. The first kappa shape index (κ1) is 13.8. The predicted molar refractivity (Wildman–Crippen MR) is 72.2 cm³/mol. The minimum absolute atomic E-state index is 0.156. The van der Waals surface area contributed by atoms with E-state index in [4.69, 9.17) is 4.74 Å². The van der Waals surface area contributed by atoms with Crippen molar-refractivity contribution in [2.75, 3.05) is 6.61 Å². The van der Waals surface area contributed by atoms with Gasteiger partial charge in [-0.3, -0.25) is 4.79 Å². The average molecular weight is 274 g/mol. The van der Waals surface area contributed by atoms with Gasteiger partial charge in [-0.25, -0.2) is 4.79 Å². The highest BCUT2D eigenvalue weighted by molar-refractivity contribution is 5.89. The topological polar surface area (TPSA) is 81.4 Å². The zero-order chi connectivity index (χ0) is 14.7. The number of esters is 1. The van der Waals surface area contributed by atoms with Crippen molar-refractivity contribution in [1.82, 2.24) is 9.78 Å². The van der Waals surface area contributed by atoms with Crippen LogP contribution in [0.25, 0.3) is 5.69 Å². The van der Waals surface area contributed by atoms with Crippen molar-refractivity contribution in [3.05, 3.63) is 51.9 Å². The molecule has 0 saturated heterocycles. The number of carbonyl (C=O) groups excluding carboxylic acids is 1. The van der Waals surface area contributed by atoms with Crippen LogP contribution < -0.4 is 5.56 Å². The van der Waals surface area contributed by atoms with E-state index in [1.807, 2.05) is 19.1 Å². The Bertz CT molecular complexity index is 689. The van der Waals surface area contributed by atoms with E-state index in [-0.39, 0.29) is 12.3 Å². The molecule has 6 nitrogen and oxygen atoms in total. The van der Waals surface area contributed by atoms with E-state index in [0.717, 1.165) is 16.3 Å². The Morgan fingerprint density at radius 2 is 2.00 bits per heavy atom. The van der Waals surface area contributed by atoms with Gasteiger partial charge in [-0.1, -0.05) is 17.7 Å². The lowest BCUT2D eigenvalue weighted by Crippen LogP contribution is -2.23. The van der Waals surface area contributed by atoms with Crippen LogP contribution in [0.4, 0.5) is 0 Å². The molecule has 0 spiro atoms. The van der Waals surface area contributed by atoms with Crippen molar-refractivity contribution in [1.29, 1.82) is 0 Å². The Labute approximate surface area is 115 Å². The van der Waals surface area contributed by atoms with Crippen LogP contribution in [0.5, 0.6) is 5.75 Å². The van der Waals surface area contributed by atoms with E-state index in [1.165, 1.54) is 0 Å². The molecule has 1 aromatic carbocycles. The number of aryl methyl sites for hydroxylation is 1. The molecule has 0 atom stereocenters. The first-order valence-corrected chi connectivity index (χ1v) is 6.10. The third-order valence-electron chi connectivity index (χ3n) is 2.66. The van der Waals surface area contributed by atoms with Gasteiger partial charge in [-0.2, -0.15) is 9.78 Å². The Morgan fingerprint density at radius 1 is 1.35 bits per heavy atom. The molecule has 2 aromatic rings. The van der Waals surface area contributed by atoms with Crippen LogP contribution in [0.15, 0.2) is 35.1 Å². The monoisotopic (exact) mass is 274 g/mol. The number of carbonyl (C=O) groups is 1. The molecule has 20 heavy (non-hydrogen) atoms. The van der Waals surface area contributed by atoms with Gasteiger partial charge >= 0.3 is 5.97 Å². The fourth-order valence-electron chi connectivity index (χ4n) is 1.66. The Kier molecular flexibility index (Phi) is 3.84. The van der Waals surface area contributed by atoms with Crippen LogP contribution in [0.3, 0.4) is 0 Å². The molecule has 1 aromatic heterocycles. The average Bonchev–Trinajstić information content (AvgIpc) is 2.40. The minimum atomic E-state index is -0.772. The Hall–Kier alpha value is -2.63. The van der Waals surface area contributed by atoms with Gasteiger partial charge in [0.1, 0.15) is 0 Å². The van der Waals surface area contributed by atoms with E-state index in [1.54, 1.807) is 19.1 Å². The molecule has 0 aliphatic carbocycles. The Morgan fingerprint density at radius 3 is 2.60 bits per heavy atom. The summed E-state index contributed by atoms with van der Waals surface area (Å²) in [5.41, 5.74) is 0.726. The van der Waals surface area contributed by atoms with Crippen molar-refractivity contribution in [2.45, 2.75) is 13.8 Å². The fraction of sp³-hybridized carbons (Fsp3) is 0.214. The number of aromatic nitrogens is 2.